The van der Waals surface area contributed by atoms with Crippen molar-refractivity contribution in [2.75, 3.05) is 0 Å². The Labute approximate surface area is 160 Å². The number of benzene rings is 3. The molecule has 0 radical (unpaired) electrons. The minimum atomic E-state index is -0.160. The van der Waals surface area contributed by atoms with Gasteiger partial charge in [-0.15, -0.1) is 0 Å². The summed E-state index contributed by atoms with van der Waals surface area (Å²) in [4.78, 5) is 10.9. The molecule has 3 aromatic carbocycles. The molecule has 3 aromatic rings. The summed E-state index contributed by atoms with van der Waals surface area (Å²) in [7, 11) is 0. The normalized spacial score (nSPS) is 11.3. The number of ketones is 1. The highest BCUT2D eigenvalue weighted by atomic mass is 16.5. The van der Waals surface area contributed by atoms with Crippen molar-refractivity contribution in [2.24, 2.45) is 0 Å². The van der Waals surface area contributed by atoms with Gasteiger partial charge in [0.1, 0.15) is 11.9 Å². The molecule has 0 heterocycles. The molecule has 0 aromatic heterocycles. The zero-order valence-electron chi connectivity index (χ0n) is 15.3. The van der Waals surface area contributed by atoms with Gasteiger partial charge in [-0.2, -0.15) is 0 Å². The van der Waals surface area contributed by atoms with Crippen LogP contribution in [0.2, 0.25) is 0 Å². The first-order valence-corrected chi connectivity index (χ1v) is 8.94. The molecule has 0 bridgehead atoms. The number of rotatable bonds is 7. The quantitative estimate of drug-likeness (QED) is 0.383. The Kier molecular flexibility index (Phi) is 6.37. The van der Waals surface area contributed by atoms with E-state index in [-0.39, 0.29) is 11.9 Å². The fourth-order valence-electron chi connectivity index (χ4n) is 2.74. The average molecular weight is 354 g/mol. The standard InChI is InChI=1S/C25H22O2/c1-20(26)10-8-9-11-21-16-18-24(19-17-21)27-25(22-12-4-2-5-13-22)23-14-6-3-7-15-23/h2-19,25H,1H3. The van der Waals surface area contributed by atoms with Crippen molar-refractivity contribution in [3.8, 4) is 5.75 Å². The molecule has 0 saturated carbocycles. The first-order valence-electron chi connectivity index (χ1n) is 8.94. The van der Waals surface area contributed by atoms with Gasteiger partial charge in [0.25, 0.3) is 0 Å². The van der Waals surface area contributed by atoms with Gasteiger partial charge in [-0.05, 0) is 41.8 Å². The molecule has 0 unspecified atom stereocenters. The average Bonchev–Trinajstić information content (AvgIpc) is 2.71. The molecule has 0 N–H and O–H groups in total. The second-order valence-electron chi connectivity index (χ2n) is 6.22. The lowest BCUT2D eigenvalue weighted by molar-refractivity contribution is -0.112. The Morgan fingerprint density at radius 3 is 1.85 bits per heavy atom. The van der Waals surface area contributed by atoms with Crippen molar-refractivity contribution >= 4 is 11.9 Å². The van der Waals surface area contributed by atoms with Crippen LogP contribution in [0.5, 0.6) is 5.75 Å². The van der Waals surface area contributed by atoms with Crippen LogP contribution in [0.1, 0.15) is 29.7 Å². The van der Waals surface area contributed by atoms with E-state index in [9.17, 15) is 4.79 Å². The Bertz CT molecular complexity index is 868. The summed E-state index contributed by atoms with van der Waals surface area (Å²) in [6, 6.07) is 28.4. The van der Waals surface area contributed by atoms with E-state index in [0.717, 1.165) is 22.4 Å². The molecular formula is C25H22O2. The summed E-state index contributed by atoms with van der Waals surface area (Å²) in [6.45, 7) is 1.53. The third kappa shape index (κ3) is 5.55. The van der Waals surface area contributed by atoms with Gasteiger partial charge in [0.15, 0.2) is 5.78 Å². The molecule has 0 amide bonds. The molecule has 0 saturated heterocycles. The fraction of sp³-hybridized carbons (Fsp3) is 0.0800. The van der Waals surface area contributed by atoms with Crippen LogP contribution in [-0.2, 0) is 4.79 Å². The summed E-state index contributed by atoms with van der Waals surface area (Å²) in [5.74, 6) is 0.848. The molecule has 2 nitrogen and oxygen atoms in total. The molecule has 0 aliphatic heterocycles. The maximum absolute atomic E-state index is 10.9. The Morgan fingerprint density at radius 2 is 1.33 bits per heavy atom. The molecule has 0 fully saturated rings. The van der Waals surface area contributed by atoms with Crippen molar-refractivity contribution in [3.63, 3.8) is 0 Å². The van der Waals surface area contributed by atoms with Crippen LogP contribution in [-0.4, -0.2) is 5.78 Å². The Balaban J connectivity index is 1.77. The minimum Gasteiger partial charge on any atom is -0.481 e. The number of hydrogen-bond donors (Lipinski definition) is 0. The summed E-state index contributed by atoms with van der Waals surface area (Å²) in [5.41, 5.74) is 3.27. The SMILES string of the molecule is CC(=O)C=CC=Cc1ccc(OC(c2ccccc2)c2ccccc2)cc1. The summed E-state index contributed by atoms with van der Waals surface area (Å²) in [6.07, 6.45) is 6.93. The molecule has 2 heteroatoms. The highest BCUT2D eigenvalue weighted by molar-refractivity contribution is 5.87. The van der Waals surface area contributed by atoms with E-state index >= 15 is 0 Å². The van der Waals surface area contributed by atoms with E-state index in [2.05, 4.69) is 24.3 Å². The van der Waals surface area contributed by atoms with Crippen LogP contribution < -0.4 is 4.74 Å². The predicted octanol–water partition coefficient (Wildman–Crippen LogP) is 6.01. The van der Waals surface area contributed by atoms with Gasteiger partial charge in [-0.3, -0.25) is 4.79 Å². The van der Waals surface area contributed by atoms with E-state index in [4.69, 9.17) is 4.74 Å². The number of allylic oxidation sites excluding steroid dienone is 3. The van der Waals surface area contributed by atoms with E-state index in [1.165, 1.54) is 13.0 Å². The van der Waals surface area contributed by atoms with Gasteiger partial charge in [-0.1, -0.05) is 91.0 Å². The van der Waals surface area contributed by atoms with Gasteiger partial charge in [-0.25, -0.2) is 0 Å². The van der Waals surface area contributed by atoms with E-state index in [0.29, 0.717) is 0 Å². The summed E-state index contributed by atoms with van der Waals surface area (Å²) < 4.78 is 6.32. The third-order valence-corrected chi connectivity index (χ3v) is 4.07. The molecule has 3 rings (SSSR count). The molecule has 0 aliphatic rings. The van der Waals surface area contributed by atoms with Gasteiger partial charge in [0, 0.05) is 0 Å². The van der Waals surface area contributed by atoms with Gasteiger partial charge in [0.2, 0.25) is 0 Å². The number of hydrogen-bond acceptors (Lipinski definition) is 2. The molecule has 0 spiro atoms. The summed E-state index contributed by atoms with van der Waals surface area (Å²) in [5, 5.41) is 0. The Morgan fingerprint density at radius 1 is 0.778 bits per heavy atom. The van der Waals surface area contributed by atoms with Gasteiger partial charge >= 0.3 is 0 Å². The first kappa shape index (κ1) is 18.4. The highest BCUT2D eigenvalue weighted by Crippen LogP contribution is 2.28. The lowest BCUT2D eigenvalue weighted by atomic mass is 10.0. The number of carbonyl (C=O) groups is 1. The van der Waals surface area contributed by atoms with E-state index in [1.54, 1.807) is 6.08 Å². The van der Waals surface area contributed by atoms with Crippen molar-refractivity contribution in [3.05, 3.63) is 120 Å². The van der Waals surface area contributed by atoms with Crippen molar-refractivity contribution in [1.82, 2.24) is 0 Å². The smallest absolute Gasteiger partial charge is 0.152 e. The van der Waals surface area contributed by atoms with Crippen molar-refractivity contribution in [1.29, 1.82) is 0 Å². The van der Waals surface area contributed by atoms with Crippen LogP contribution >= 0.6 is 0 Å². The van der Waals surface area contributed by atoms with Crippen LogP contribution in [0, 0.1) is 0 Å². The molecule has 27 heavy (non-hydrogen) atoms. The van der Waals surface area contributed by atoms with Crippen LogP contribution in [0.4, 0.5) is 0 Å². The third-order valence-electron chi connectivity index (χ3n) is 4.07. The zero-order valence-corrected chi connectivity index (χ0v) is 15.3. The largest absolute Gasteiger partial charge is 0.481 e. The van der Waals surface area contributed by atoms with Crippen molar-refractivity contribution < 1.29 is 9.53 Å². The lowest BCUT2D eigenvalue weighted by Gasteiger charge is -2.20. The molecule has 134 valence electrons. The number of carbonyl (C=O) groups excluding carboxylic acids is 1. The Hall–Kier alpha value is -3.39. The van der Waals surface area contributed by atoms with Crippen LogP contribution in [0.15, 0.2) is 103 Å². The van der Waals surface area contributed by atoms with Crippen molar-refractivity contribution in [2.45, 2.75) is 13.0 Å². The van der Waals surface area contributed by atoms with Gasteiger partial charge < -0.3 is 4.74 Å². The second kappa shape index (κ2) is 9.35. The molecule has 0 atom stereocenters. The van der Waals surface area contributed by atoms with Crippen LogP contribution in [0.3, 0.4) is 0 Å². The molecular weight excluding hydrogens is 332 g/mol. The molecule has 0 aliphatic carbocycles. The summed E-state index contributed by atoms with van der Waals surface area (Å²) >= 11 is 0. The minimum absolute atomic E-state index is 0.0382. The number of ether oxygens (including phenoxy) is 1. The maximum Gasteiger partial charge on any atom is 0.152 e. The first-order chi connectivity index (χ1) is 13.2. The highest BCUT2D eigenvalue weighted by Gasteiger charge is 2.15. The van der Waals surface area contributed by atoms with Crippen LogP contribution in [0.25, 0.3) is 6.08 Å². The predicted molar refractivity (Wildman–Crippen MR) is 111 cm³/mol. The maximum atomic E-state index is 10.9. The fourth-order valence-corrected chi connectivity index (χ4v) is 2.74. The van der Waals surface area contributed by atoms with E-state index in [1.807, 2.05) is 72.8 Å². The second-order valence-corrected chi connectivity index (χ2v) is 6.22. The topological polar surface area (TPSA) is 26.3 Å². The zero-order chi connectivity index (χ0) is 18.9. The monoisotopic (exact) mass is 354 g/mol. The van der Waals surface area contributed by atoms with E-state index < -0.39 is 0 Å². The van der Waals surface area contributed by atoms with Gasteiger partial charge in [0.05, 0.1) is 0 Å². The lowest BCUT2D eigenvalue weighted by Crippen LogP contribution is -2.09.